The van der Waals surface area contributed by atoms with E-state index in [4.69, 9.17) is 14.2 Å². The number of benzene rings is 3. The van der Waals surface area contributed by atoms with Crippen molar-refractivity contribution in [2.24, 2.45) is 0 Å². The van der Waals surface area contributed by atoms with Crippen molar-refractivity contribution in [1.29, 1.82) is 0 Å². The molecule has 9 heterocycles. The Bertz CT molecular complexity index is 3270. The number of carboxylic acid groups (broad SMARTS) is 3. The van der Waals surface area contributed by atoms with Gasteiger partial charge in [0.25, 0.3) is 0 Å². The number of hydrogen-bond donors (Lipinski definition) is 0. The fourth-order valence-corrected chi connectivity index (χ4v) is 11.0. The van der Waals surface area contributed by atoms with Gasteiger partial charge in [0.2, 0.25) is 0 Å². The van der Waals surface area contributed by atoms with Crippen LogP contribution in [0.2, 0.25) is 0 Å². The number of carboxylic acids is 3. The largest absolute Gasteiger partial charge is 3.00 e. The van der Waals surface area contributed by atoms with Crippen molar-refractivity contribution in [1.82, 2.24) is 28.4 Å². The number of carbonyl (C=O) groups is 3. The molecule has 0 saturated carbocycles. The summed E-state index contributed by atoms with van der Waals surface area (Å²) in [4.78, 5) is 83.7. The molecule has 3 saturated heterocycles. The van der Waals surface area contributed by atoms with Gasteiger partial charge in [-0.3, -0.25) is 14.4 Å². The zero-order valence-electron chi connectivity index (χ0n) is 44.4. The number of nitrogens with zero attached hydrogens (tertiary/aromatic N) is 9. The molecule has 6 aliphatic rings. The van der Waals surface area contributed by atoms with Crippen molar-refractivity contribution < 1.29 is 57.1 Å². The average molecular weight is 1150 g/mol. The predicted octanol–water partition coefficient (Wildman–Crippen LogP) is 0.247. The van der Waals surface area contributed by atoms with Gasteiger partial charge in [-0.25, -0.2) is 13.2 Å². The van der Waals surface area contributed by atoms with Gasteiger partial charge in [0.15, 0.2) is 51.0 Å². The van der Waals surface area contributed by atoms with Crippen molar-refractivity contribution in [3.8, 4) is 17.2 Å². The summed E-state index contributed by atoms with van der Waals surface area (Å²) in [6, 6.07) is 2.82. The normalized spacial score (nSPS) is 20.0. The first kappa shape index (κ1) is 56.5. The third-order valence-corrected chi connectivity index (χ3v) is 15.5. The smallest absolute Gasteiger partial charge is 0.545 e. The molecule has 0 amide bonds. The number of ether oxygens (including phenoxy) is 3. The average Bonchev–Trinajstić information content (AvgIpc) is 3.30. The van der Waals surface area contributed by atoms with Crippen LogP contribution in [0.3, 0.4) is 0 Å². The minimum absolute atomic E-state index is 0. The number of pyridine rings is 3. The maximum absolute atomic E-state index is 15.0. The summed E-state index contributed by atoms with van der Waals surface area (Å²) in [6.45, 7) is 15.0. The number of rotatable bonds is 6. The summed E-state index contributed by atoms with van der Waals surface area (Å²) in [5, 5.41) is 33.9. The van der Waals surface area contributed by atoms with Crippen LogP contribution < -0.4 is 60.5 Å². The first-order valence-corrected chi connectivity index (χ1v) is 25.7. The van der Waals surface area contributed by atoms with Crippen molar-refractivity contribution >= 4 is 87.5 Å². The molecule has 3 aromatic carbocycles. The Kier molecular flexibility index (Phi) is 15.8. The van der Waals surface area contributed by atoms with E-state index in [9.17, 15) is 57.3 Å². The zero-order chi connectivity index (χ0) is 55.8. The van der Waals surface area contributed by atoms with Crippen LogP contribution in [0.5, 0.6) is 17.2 Å². The molecule has 79 heavy (non-hydrogen) atoms. The van der Waals surface area contributed by atoms with Gasteiger partial charge in [-0.1, -0.05) is 0 Å². The number of hydrogen-bond acceptors (Lipinski definition) is 18. The Morgan fingerprint density at radius 2 is 0.671 bits per heavy atom. The second-order valence-electron chi connectivity index (χ2n) is 20.8. The summed E-state index contributed by atoms with van der Waals surface area (Å²) >= 11 is 0. The fraction of sp³-hybridized carbons (Fsp3) is 0.444. The number of anilines is 3. The van der Waals surface area contributed by atoms with E-state index in [0.717, 1.165) is 57.5 Å². The van der Waals surface area contributed by atoms with Crippen molar-refractivity contribution in [2.75, 3.05) is 134 Å². The third kappa shape index (κ3) is 10.1. The second-order valence-corrected chi connectivity index (χ2v) is 20.8. The molecule has 0 unspecified atom stereocenters. The molecule has 414 valence electrons. The molecule has 25 heteroatoms. The van der Waals surface area contributed by atoms with Crippen LogP contribution >= 0.6 is 0 Å². The first-order chi connectivity index (χ1) is 37.1. The maximum atomic E-state index is 15.0. The molecular formula is C54H57F3GaN9O12. The number of halogens is 3. The Morgan fingerprint density at radius 1 is 0.443 bits per heavy atom. The van der Waals surface area contributed by atoms with Crippen LogP contribution in [-0.4, -0.2) is 186 Å². The number of likely N-dealkylation sites (N-methyl/N-ethyl adjacent to an activating group) is 3. The standard InChI is InChI=1S/3C18H20FN3O4.Ga/c3*1-10-9-26-17-14-11(16(23)12(18(24)25)8-22(10)14)7-13(19)15(17)21-5-3-20(2)4-6-21;/h3*7-8,10H,3-6,9H2,1-2H3,(H,24,25);/q;;;+3/p-3/t3*10-;/m000./s1. The zero-order valence-corrected chi connectivity index (χ0v) is 46.9. The van der Waals surface area contributed by atoms with Gasteiger partial charge >= 0.3 is 19.8 Å². The van der Waals surface area contributed by atoms with Crippen LogP contribution in [0, 0.1) is 17.5 Å². The summed E-state index contributed by atoms with van der Waals surface area (Å²) < 4.78 is 67.5. The van der Waals surface area contributed by atoms with Gasteiger partial charge < -0.3 is 87.0 Å². The predicted molar refractivity (Wildman–Crippen MR) is 283 cm³/mol. The van der Waals surface area contributed by atoms with Crippen LogP contribution in [0.4, 0.5) is 30.2 Å². The SMILES string of the molecule is C[C@H]1COc2c(N3CCN(C)CC3)c(F)cc3c(=O)c(C(=O)[O-])cn1c23.C[C@H]1COc2c(N3CCN(C)CC3)c(F)cc3c(=O)c(C(=O)[O-])cn1c23.C[C@H]1COc2c(N3CCN(C)CC3)c(F)cc3c(=O)c(C(=O)[O-])cn1c23.[Ga+3]. The second kappa shape index (κ2) is 22.2. The quantitative estimate of drug-likeness (QED) is 0.203. The molecule has 12 rings (SSSR count). The van der Waals surface area contributed by atoms with Crippen molar-refractivity contribution in [3.05, 3.63) is 102 Å². The summed E-state index contributed by atoms with van der Waals surface area (Å²) in [6.07, 6.45) is 3.84. The van der Waals surface area contributed by atoms with E-state index in [0.29, 0.717) is 90.1 Å². The Balaban J connectivity index is 0.000000143. The Hall–Kier alpha value is -7.19. The molecule has 0 N–H and O–H groups in total. The summed E-state index contributed by atoms with van der Waals surface area (Å²) in [5.41, 5.74) is -1.32. The van der Waals surface area contributed by atoms with Crippen molar-refractivity contribution in [3.63, 3.8) is 0 Å². The minimum atomic E-state index is -1.57. The van der Waals surface area contributed by atoms with E-state index < -0.39 is 68.3 Å². The van der Waals surface area contributed by atoms with Gasteiger partial charge in [0, 0.05) is 97.1 Å². The van der Waals surface area contributed by atoms with E-state index in [1.54, 1.807) is 13.7 Å². The van der Waals surface area contributed by atoms with E-state index in [-0.39, 0.29) is 73.9 Å². The molecule has 3 atom stereocenters. The number of carbonyl (C=O) groups excluding carboxylic acids is 3. The van der Waals surface area contributed by atoms with Gasteiger partial charge in [-0.05, 0) is 60.1 Å². The fourth-order valence-electron chi connectivity index (χ4n) is 11.0. The molecule has 3 fully saturated rings. The van der Waals surface area contributed by atoms with E-state index >= 15 is 0 Å². The number of piperazine rings is 3. The minimum Gasteiger partial charge on any atom is -0.545 e. The summed E-state index contributed by atoms with van der Waals surface area (Å²) in [5.74, 6) is -5.50. The topological polar surface area (TPSA) is 234 Å². The van der Waals surface area contributed by atoms with Crippen molar-refractivity contribution in [2.45, 2.75) is 38.9 Å². The van der Waals surface area contributed by atoms with Gasteiger partial charge in [0.1, 0.15) is 36.9 Å². The molecule has 0 bridgehead atoms. The van der Waals surface area contributed by atoms with E-state index in [1.165, 1.54) is 18.6 Å². The third-order valence-electron chi connectivity index (χ3n) is 15.5. The molecule has 0 spiro atoms. The molecule has 0 radical (unpaired) electrons. The number of aromatic nitrogens is 3. The molecule has 3 aromatic heterocycles. The number of aromatic carboxylic acids is 3. The van der Waals surface area contributed by atoms with Gasteiger partial charge in [-0.2, -0.15) is 0 Å². The monoisotopic (exact) mass is 1150 g/mol. The molecule has 0 aliphatic carbocycles. The molecule has 6 aromatic rings. The van der Waals surface area contributed by atoms with E-state index in [1.807, 2.05) is 56.6 Å². The Morgan fingerprint density at radius 3 is 0.886 bits per heavy atom. The summed E-state index contributed by atoms with van der Waals surface area (Å²) in [7, 11) is 6.03. The molecule has 21 nitrogen and oxygen atoms in total. The Labute approximate surface area is 463 Å². The van der Waals surface area contributed by atoms with Crippen LogP contribution in [-0.2, 0) is 0 Å². The van der Waals surface area contributed by atoms with Crippen LogP contribution in [0.25, 0.3) is 32.7 Å². The molecule has 6 aliphatic heterocycles. The maximum Gasteiger partial charge on any atom is 3.00 e. The molecular weight excluding hydrogens is 1090 g/mol. The van der Waals surface area contributed by atoms with Gasteiger partial charge in [-0.15, -0.1) is 0 Å². The van der Waals surface area contributed by atoms with Gasteiger partial charge in [0.05, 0.1) is 85.4 Å². The van der Waals surface area contributed by atoms with E-state index in [2.05, 4.69) is 14.7 Å². The van der Waals surface area contributed by atoms with Crippen LogP contribution in [0.1, 0.15) is 70.0 Å². The van der Waals surface area contributed by atoms with Crippen LogP contribution in [0.15, 0.2) is 51.2 Å². The first-order valence-electron chi connectivity index (χ1n) is 25.7.